The van der Waals surface area contributed by atoms with Gasteiger partial charge in [-0.1, -0.05) is 11.6 Å². The van der Waals surface area contributed by atoms with Gasteiger partial charge >= 0.3 is 0 Å². The molecule has 9 heteroatoms. The summed E-state index contributed by atoms with van der Waals surface area (Å²) in [4.78, 5) is 16.1. The summed E-state index contributed by atoms with van der Waals surface area (Å²) in [6, 6.07) is 5.64. The summed E-state index contributed by atoms with van der Waals surface area (Å²) in [5.74, 6) is -1.87. The molecule has 6 nitrogen and oxygen atoms in total. The number of aromatic amines is 1. The van der Waals surface area contributed by atoms with Gasteiger partial charge in [-0.2, -0.15) is 5.10 Å². The first-order valence-electron chi connectivity index (χ1n) is 8.01. The molecule has 2 aromatic heterocycles. The number of benzene rings is 1. The molecule has 0 aliphatic rings. The summed E-state index contributed by atoms with van der Waals surface area (Å²) in [5.41, 5.74) is 1.97. The second-order valence-electron chi connectivity index (χ2n) is 5.74. The molecular weight excluding hydrogens is 378 g/mol. The molecule has 27 heavy (non-hydrogen) atoms. The van der Waals surface area contributed by atoms with Crippen molar-refractivity contribution >= 4 is 23.3 Å². The van der Waals surface area contributed by atoms with Gasteiger partial charge < -0.3 is 10.4 Å². The molecule has 0 spiro atoms. The van der Waals surface area contributed by atoms with Gasteiger partial charge in [0.25, 0.3) is 0 Å². The SMILES string of the molecule is O=C(CCc1cc(F)c(Cl)c(F)c1)Nc1[nH]nc(-c2ccncc2)c1CO. The monoisotopic (exact) mass is 392 g/mol. The number of carbonyl (C=O) groups excluding carboxylic acids is 1. The number of aliphatic hydroxyl groups is 1. The van der Waals surface area contributed by atoms with Gasteiger partial charge in [-0.25, -0.2) is 8.78 Å². The Hall–Kier alpha value is -2.84. The van der Waals surface area contributed by atoms with Gasteiger partial charge in [0.1, 0.15) is 22.5 Å². The van der Waals surface area contributed by atoms with Crippen LogP contribution in [0.1, 0.15) is 17.5 Å². The van der Waals surface area contributed by atoms with E-state index in [1.165, 1.54) is 0 Å². The van der Waals surface area contributed by atoms with Crippen molar-refractivity contribution in [3.8, 4) is 11.3 Å². The maximum atomic E-state index is 13.5. The zero-order chi connectivity index (χ0) is 19.4. The molecule has 0 unspecified atom stereocenters. The van der Waals surface area contributed by atoms with Crippen LogP contribution in [0.15, 0.2) is 36.7 Å². The zero-order valence-corrected chi connectivity index (χ0v) is 14.7. The Labute approximate surface area is 158 Å². The van der Waals surface area contributed by atoms with Crippen LogP contribution in [-0.4, -0.2) is 26.2 Å². The third kappa shape index (κ3) is 4.29. The topological polar surface area (TPSA) is 90.9 Å². The Balaban J connectivity index is 1.69. The van der Waals surface area contributed by atoms with Crippen molar-refractivity contribution in [3.63, 3.8) is 0 Å². The molecule has 140 valence electrons. The quantitative estimate of drug-likeness (QED) is 0.560. The van der Waals surface area contributed by atoms with Crippen LogP contribution in [0.25, 0.3) is 11.3 Å². The minimum Gasteiger partial charge on any atom is -0.391 e. The van der Waals surface area contributed by atoms with E-state index in [9.17, 15) is 18.7 Å². The van der Waals surface area contributed by atoms with Crippen LogP contribution < -0.4 is 5.32 Å². The average Bonchev–Trinajstić information content (AvgIpc) is 3.07. The molecule has 0 saturated heterocycles. The minimum absolute atomic E-state index is 0.0189. The lowest BCUT2D eigenvalue weighted by Gasteiger charge is -2.07. The first-order chi connectivity index (χ1) is 13.0. The fourth-order valence-electron chi connectivity index (χ4n) is 2.58. The highest BCUT2D eigenvalue weighted by Crippen LogP contribution is 2.26. The van der Waals surface area contributed by atoms with Gasteiger partial charge in [0.05, 0.1) is 12.3 Å². The van der Waals surface area contributed by atoms with E-state index in [-0.39, 0.29) is 25.3 Å². The van der Waals surface area contributed by atoms with E-state index >= 15 is 0 Å². The number of halogens is 3. The summed E-state index contributed by atoms with van der Waals surface area (Å²) < 4.78 is 26.9. The van der Waals surface area contributed by atoms with Crippen LogP contribution in [0, 0.1) is 11.6 Å². The number of aryl methyl sites for hydroxylation is 1. The highest BCUT2D eigenvalue weighted by molar-refractivity contribution is 6.30. The summed E-state index contributed by atoms with van der Waals surface area (Å²) in [6.45, 7) is -0.336. The van der Waals surface area contributed by atoms with Crippen LogP contribution >= 0.6 is 11.6 Å². The Kier molecular flexibility index (Phi) is 5.78. The average molecular weight is 393 g/mol. The van der Waals surface area contributed by atoms with Crippen molar-refractivity contribution in [2.75, 3.05) is 5.32 Å². The molecular formula is C18H15ClF2N4O2. The number of pyridine rings is 1. The van der Waals surface area contributed by atoms with Crippen LogP contribution in [0.2, 0.25) is 5.02 Å². The number of anilines is 1. The van der Waals surface area contributed by atoms with E-state index in [1.54, 1.807) is 24.5 Å². The van der Waals surface area contributed by atoms with Gasteiger partial charge in [0.15, 0.2) is 0 Å². The highest BCUT2D eigenvalue weighted by Gasteiger charge is 2.16. The smallest absolute Gasteiger partial charge is 0.225 e. The molecule has 2 heterocycles. The van der Waals surface area contributed by atoms with E-state index in [2.05, 4.69) is 20.5 Å². The fraction of sp³-hybridized carbons (Fsp3) is 0.167. The molecule has 3 rings (SSSR count). The molecule has 0 fully saturated rings. The molecule has 3 N–H and O–H groups in total. The Morgan fingerprint density at radius 1 is 1.22 bits per heavy atom. The number of H-pyrrole nitrogens is 1. The van der Waals surface area contributed by atoms with Crippen LogP contribution in [0.4, 0.5) is 14.6 Å². The second-order valence-corrected chi connectivity index (χ2v) is 6.12. The van der Waals surface area contributed by atoms with E-state index < -0.39 is 22.6 Å². The van der Waals surface area contributed by atoms with E-state index in [0.29, 0.717) is 16.8 Å². The number of nitrogens with one attached hydrogen (secondary N) is 2. The Morgan fingerprint density at radius 3 is 2.52 bits per heavy atom. The first-order valence-corrected chi connectivity index (χ1v) is 8.39. The van der Waals surface area contributed by atoms with Crippen molar-refractivity contribution in [2.45, 2.75) is 19.4 Å². The van der Waals surface area contributed by atoms with Crippen LogP contribution in [-0.2, 0) is 17.8 Å². The Bertz CT molecular complexity index is 940. The lowest BCUT2D eigenvalue weighted by atomic mass is 10.1. The molecule has 3 aromatic rings. The van der Waals surface area contributed by atoms with Gasteiger partial charge in [-0.05, 0) is 36.2 Å². The number of carbonyl (C=O) groups is 1. The van der Waals surface area contributed by atoms with Crippen molar-refractivity contribution in [1.82, 2.24) is 15.2 Å². The third-order valence-electron chi connectivity index (χ3n) is 3.93. The first kappa shape index (κ1) is 18.9. The molecule has 1 amide bonds. The van der Waals surface area contributed by atoms with Crippen LogP contribution in [0.5, 0.6) is 0 Å². The predicted molar refractivity (Wildman–Crippen MR) is 96.1 cm³/mol. The summed E-state index contributed by atoms with van der Waals surface area (Å²) in [7, 11) is 0. The number of aromatic nitrogens is 3. The zero-order valence-electron chi connectivity index (χ0n) is 14.0. The molecule has 0 aliphatic carbocycles. The number of aliphatic hydroxyl groups excluding tert-OH is 1. The second kappa shape index (κ2) is 8.24. The summed E-state index contributed by atoms with van der Waals surface area (Å²) in [6.07, 6.45) is 3.28. The number of hydrogen-bond acceptors (Lipinski definition) is 4. The van der Waals surface area contributed by atoms with Gasteiger partial charge in [0, 0.05) is 29.9 Å². The summed E-state index contributed by atoms with van der Waals surface area (Å²) >= 11 is 5.44. The Morgan fingerprint density at radius 2 is 1.89 bits per heavy atom. The third-order valence-corrected chi connectivity index (χ3v) is 4.29. The number of hydrogen-bond donors (Lipinski definition) is 3. The van der Waals surface area contributed by atoms with E-state index in [4.69, 9.17) is 11.6 Å². The largest absolute Gasteiger partial charge is 0.391 e. The standard InChI is InChI=1S/C18H15ClF2N4O2/c19-16-13(20)7-10(8-14(16)21)1-2-15(27)23-18-12(9-26)17(24-25-18)11-3-5-22-6-4-11/h3-8,26H,1-2,9H2,(H2,23,24,25,27). The number of nitrogens with zero attached hydrogens (tertiary/aromatic N) is 2. The molecule has 0 bridgehead atoms. The van der Waals surface area contributed by atoms with Crippen molar-refractivity contribution in [2.24, 2.45) is 0 Å². The molecule has 1 aromatic carbocycles. The van der Waals surface area contributed by atoms with Gasteiger partial charge in [-0.3, -0.25) is 14.9 Å². The maximum Gasteiger partial charge on any atom is 0.225 e. The molecule has 0 aliphatic heterocycles. The predicted octanol–water partition coefficient (Wildman–Crippen LogP) is 3.47. The lowest BCUT2D eigenvalue weighted by molar-refractivity contribution is -0.116. The van der Waals surface area contributed by atoms with Crippen molar-refractivity contribution in [3.05, 3.63) is 64.4 Å². The van der Waals surface area contributed by atoms with Gasteiger partial charge in [-0.15, -0.1) is 0 Å². The number of amides is 1. The van der Waals surface area contributed by atoms with E-state index in [0.717, 1.165) is 17.7 Å². The van der Waals surface area contributed by atoms with Crippen molar-refractivity contribution in [1.29, 1.82) is 0 Å². The van der Waals surface area contributed by atoms with E-state index in [1.807, 2.05) is 0 Å². The lowest BCUT2D eigenvalue weighted by Crippen LogP contribution is -2.14. The maximum absolute atomic E-state index is 13.5. The summed E-state index contributed by atoms with van der Waals surface area (Å²) in [5, 5.41) is 18.5. The minimum atomic E-state index is -0.870. The molecule has 0 atom stereocenters. The van der Waals surface area contributed by atoms with Crippen molar-refractivity contribution < 1.29 is 18.7 Å². The highest BCUT2D eigenvalue weighted by atomic mass is 35.5. The number of rotatable bonds is 6. The van der Waals surface area contributed by atoms with Gasteiger partial charge in [0.2, 0.25) is 5.91 Å². The normalized spacial score (nSPS) is 10.8. The van der Waals surface area contributed by atoms with Crippen LogP contribution in [0.3, 0.4) is 0 Å². The molecule has 0 radical (unpaired) electrons. The molecule has 0 saturated carbocycles. The fourth-order valence-corrected chi connectivity index (χ4v) is 2.69.